The van der Waals surface area contributed by atoms with Crippen LogP contribution in [-0.2, 0) is 13.6 Å². The van der Waals surface area contributed by atoms with Crippen molar-refractivity contribution in [2.75, 3.05) is 6.54 Å². The Bertz CT molecular complexity index is 746. The number of rotatable bonds is 4. The van der Waals surface area contributed by atoms with Crippen LogP contribution in [0.3, 0.4) is 0 Å². The summed E-state index contributed by atoms with van der Waals surface area (Å²) in [6, 6.07) is 4.00. The minimum atomic E-state index is 0.368. The van der Waals surface area contributed by atoms with Gasteiger partial charge in [0.15, 0.2) is 5.76 Å². The molecule has 114 valence electrons. The summed E-state index contributed by atoms with van der Waals surface area (Å²) in [6.07, 6.45) is 7.91. The second-order valence-electron chi connectivity index (χ2n) is 5.56. The molecule has 7 heteroatoms. The van der Waals surface area contributed by atoms with E-state index in [0.29, 0.717) is 30.1 Å². The van der Waals surface area contributed by atoms with E-state index in [1.165, 1.54) is 12.0 Å². The molecule has 0 bridgehead atoms. The molecule has 0 spiro atoms. The fourth-order valence-electron chi connectivity index (χ4n) is 3.00. The summed E-state index contributed by atoms with van der Waals surface area (Å²) in [5.41, 5.74) is 1.24. The fraction of sp³-hybridized carbons (Fsp3) is 0.400. The number of furan rings is 1. The summed E-state index contributed by atoms with van der Waals surface area (Å²) in [5.74, 6) is 1.74. The van der Waals surface area contributed by atoms with Crippen LogP contribution in [0.1, 0.15) is 30.3 Å². The molecular formula is C15H17N5O2. The molecule has 0 N–H and O–H groups in total. The summed E-state index contributed by atoms with van der Waals surface area (Å²) >= 11 is 0. The number of hydrogen-bond donors (Lipinski definition) is 0. The highest BCUT2D eigenvalue weighted by atomic mass is 16.5. The summed E-state index contributed by atoms with van der Waals surface area (Å²) < 4.78 is 12.5. The monoisotopic (exact) mass is 299 g/mol. The van der Waals surface area contributed by atoms with E-state index in [1.54, 1.807) is 6.26 Å². The largest absolute Gasteiger partial charge is 0.461 e. The molecule has 3 aromatic rings. The van der Waals surface area contributed by atoms with E-state index in [1.807, 2.05) is 30.1 Å². The first kappa shape index (κ1) is 13.3. The van der Waals surface area contributed by atoms with Crippen molar-refractivity contribution in [3.63, 3.8) is 0 Å². The molecule has 0 amide bonds. The highest BCUT2D eigenvalue weighted by Gasteiger charge is 2.28. The standard InChI is InChI=1S/C15H17N5O2/c1-19-9-11(8-16-19)12-4-2-6-20(12)10-14-17-15(18-22-14)13-5-3-7-21-13/h3,5,7-9,12H,2,4,6,10H2,1H3/t12-/m1/s1. The predicted molar refractivity (Wildman–Crippen MR) is 77.6 cm³/mol. The van der Waals surface area contributed by atoms with Gasteiger partial charge < -0.3 is 8.94 Å². The van der Waals surface area contributed by atoms with Crippen LogP contribution in [0.5, 0.6) is 0 Å². The highest BCUT2D eigenvalue weighted by molar-refractivity contribution is 5.44. The maximum Gasteiger partial charge on any atom is 0.241 e. The van der Waals surface area contributed by atoms with E-state index in [0.717, 1.165) is 13.0 Å². The molecule has 1 fully saturated rings. The molecular weight excluding hydrogens is 282 g/mol. The molecule has 1 saturated heterocycles. The van der Waals surface area contributed by atoms with E-state index < -0.39 is 0 Å². The van der Waals surface area contributed by atoms with Gasteiger partial charge in [-0.3, -0.25) is 9.58 Å². The molecule has 0 unspecified atom stereocenters. The lowest BCUT2D eigenvalue weighted by Crippen LogP contribution is -2.22. The molecule has 3 aromatic heterocycles. The molecule has 4 heterocycles. The van der Waals surface area contributed by atoms with Gasteiger partial charge in [0.25, 0.3) is 0 Å². The van der Waals surface area contributed by atoms with Crippen LogP contribution < -0.4 is 0 Å². The average Bonchev–Trinajstić information content (AvgIpc) is 3.26. The molecule has 22 heavy (non-hydrogen) atoms. The predicted octanol–water partition coefficient (Wildman–Crippen LogP) is 2.40. The van der Waals surface area contributed by atoms with Crippen molar-refractivity contribution in [1.29, 1.82) is 0 Å². The van der Waals surface area contributed by atoms with Crippen molar-refractivity contribution in [3.05, 3.63) is 42.2 Å². The first-order chi connectivity index (χ1) is 10.8. The molecule has 7 nitrogen and oxygen atoms in total. The van der Waals surface area contributed by atoms with Gasteiger partial charge in [0.1, 0.15) is 0 Å². The lowest BCUT2D eigenvalue weighted by molar-refractivity contribution is 0.212. The van der Waals surface area contributed by atoms with Crippen molar-refractivity contribution in [2.45, 2.75) is 25.4 Å². The van der Waals surface area contributed by atoms with Crippen LogP contribution in [0.4, 0.5) is 0 Å². The first-order valence-electron chi connectivity index (χ1n) is 7.38. The minimum absolute atomic E-state index is 0.368. The lowest BCUT2D eigenvalue weighted by Gasteiger charge is -2.21. The fourth-order valence-corrected chi connectivity index (χ4v) is 3.00. The van der Waals surface area contributed by atoms with Crippen molar-refractivity contribution in [1.82, 2.24) is 24.8 Å². The van der Waals surface area contributed by atoms with E-state index >= 15 is 0 Å². The lowest BCUT2D eigenvalue weighted by atomic mass is 10.1. The van der Waals surface area contributed by atoms with Crippen LogP contribution in [0.15, 0.2) is 39.7 Å². The molecule has 1 aliphatic rings. The van der Waals surface area contributed by atoms with E-state index in [2.05, 4.69) is 26.3 Å². The highest BCUT2D eigenvalue weighted by Crippen LogP contribution is 2.32. The van der Waals surface area contributed by atoms with Gasteiger partial charge in [-0.05, 0) is 31.5 Å². The van der Waals surface area contributed by atoms with Crippen LogP contribution >= 0.6 is 0 Å². The van der Waals surface area contributed by atoms with E-state index in [-0.39, 0.29) is 0 Å². The van der Waals surface area contributed by atoms with Crippen LogP contribution in [-0.4, -0.2) is 31.4 Å². The zero-order valence-electron chi connectivity index (χ0n) is 12.3. The summed E-state index contributed by atoms with van der Waals surface area (Å²) in [6.45, 7) is 1.67. The summed E-state index contributed by atoms with van der Waals surface area (Å²) in [4.78, 5) is 6.77. The Morgan fingerprint density at radius 3 is 3.14 bits per heavy atom. The molecule has 0 saturated carbocycles. The Hall–Kier alpha value is -2.41. The Morgan fingerprint density at radius 1 is 1.41 bits per heavy atom. The molecule has 0 radical (unpaired) electrons. The maximum absolute atomic E-state index is 5.36. The Labute approximate surface area is 127 Å². The van der Waals surface area contributed by atoms with Gasteiger partial charge in [-0.25, -0.2) is 0 Å². The summed E-state index contributed by atoms with van der Waals surface area (Å²) in [7, 11) is 1.94. The van der Waals surface area contributed by atoms with Crippen molar-refractivity contribution >= 4 is 0 Å². The third-order valence-electron chi connectivity index (χ3n) is 4.02. The topological polar surface area (TPSA) is 73.1 Å². The van der Waals surface area contributed by atoms with Crippen molar-refractivity contribution in [3.8, 4) is 11.6 Å². The Morgan fingerprint density at radius 2 is 2.36 bits per heavy atom. The second kappa shape index (κ2) is 5.42. The smallest absolute Gasteiger partial charge is 0.241 e. The SMILES string of the molecule is Cn1cc([C@H]2CCCN2Cc2nc(-c3ccco3)no2)cn1. The minimum Gasteiger partial charge on any atom is -0.461 e. The molecule has 0 aliphatic carbocycles. The zero-order valence-corrected chi connectivity index (χ0v) is 12.3. The zero-order chi connectivity index (χ0) is 14.9. The average molecular weight is 299 g/mol. The Balaban J connectivity index is 1.50. The van der Waals surface area contributed by atoms with E-state index in [4.69, 9.17) is 8.94 Å². The van der Waals surface area contributed by atoms with Gasteiger partial charge in [0, 0.05) is 24.8 Å². The number of aryl methyl sites for hydroxylation is 1. The molecule has 1 aliphatic heterocycles. The Kier molecular flexibility index (Phi) is 3.27. The number of hydrogen-bond acceptors (Lipinski definition) is 6. The molecule has 0 aromatic carbocycles. The van der Waals surface area contributed by atoms with Crippen molar-refractivity contribution in [2.24, 2.45) is 7.05 Å². The molecule has 1 atom stereocenters. The summed E-state index contributed by atoms with van der Waals surface area (Å²) in [5, 5.41) is 8.25. The normalized spacial score (nSPS) is 19.0. The van der Waals surface area contributed by atoms with Gasteiger partial charge in [-0.1, -0.05) is 5.16 Å². The third-order valence-corrected chi connectivity index (χ3v) is 4.02. The van der Waals surface area contributed by atoms with Crippen LogP contribution in [0, 0.1) is 0 Å². The van der Waals surface area contributed by atoms with Gasteiger partial charge in [-0.15, -0.1) is 0 Å². The number of aromatic nitrogens is 4. The van der Waals surface area contributed by atoms with Gasteiger partial charge in [0.2, 0.25) is 11.7 Å². The van der Waals surface area contributed by atoms with Gasteiger partial charge >= 0.3 is 0 Å². The van der Waals surface area contributed by atoms with E-state index in [9.17, 15) is 0 Å². The second-order valence-corrected chi connectivity index (χ2v) is 5.56. The van der Waals surface area contributed by atoms with Crippen LogP contribution in [0.2, 0.25) is 0 Å². The van der Waals surface area contributed by atoms with Gasteiger partial charge in [0.05, 0.1) is 19.0 Å². The molecule has 4 rings (SSSR count). The van der Waals surface area contributed by atoms with Crippen molar-refractivity contribution < 1.29 is 8.94 Å². The number of nitrogens with zero attached hydrogens (tertiary/aromatic N) is 5. The quantitative estimate of drug-likeness (QED) is 0.736. The first-order valence-corrected chi connectivity index (χ1v) is 7.38. The van der Waals surface area contributed by atoms with Gasteiger partial charge in [-0.2, -0.15) is 10.1 Å². The maximum atomic E-state index is 5.36. The van der Waals surface area contributed by atoms with Crippen LogP contribution in [0.25, 0.3) is 11.6 Å². The number of likely N-dealkylation sites (tertiary alicyclic amines) is 1. The third kappa shape index (κ3) is 2.43.